The van der Waals surface area contributed by atoms with E-state index < -0.39 is 28.5 Å². The number of carbonyl (C=O) groups is 2. The fourth-order valence-corrected chi connectivity index (χ4v) is 6.38. The lowest BCUT2D eigenvalue weighted by atomic mass is 10.1. The SMILES string of the molecule is CCCCNC(=O)[C@H](C)N(Cc1ccc(Cl)cc1Cl)C(=O)CN(c1ccc(Cl)cc1C)S(=O)(=O)c1ccc(C)cc1. The van der Waals surface area contributed by atoms with E-state index in [1.165, 1.54) is 17.0 Å². The average molecular weight is 639 g/mol. The lowest BCUT2D eigenvalue weighted by Crippen LogP contribution is -2.51. The quantitative estimate of drug-likeness (QED) is 0.221. The van der Waals surface area contributed by atoms with E-state index in [2.05, 4.69) is 5.32 Å². The van der Waals surface area contributed by atoms with Gasteiger partial charge in [-0.05, 0) is 80.8 Å². The predicted octanol–water partition coefficient (Wildman–Crippen LogP) is 6.79. The van der Waals surface area contributed by atoms with Crippen LogP contribution in [0.3, 0.4) is 0 Å². The van der Waals surface area contributed by atoms with Gasteiger partial charge in [-0.2, -0.15) is 0 Å². The molecule has 3 aromatic carbocycles. The predicted molar refractivity (Wildman–Crippen MR) is 166 cm³/mol. The third kappa shape index (κ3) is 8.38. The second-order valence-corrected chi connectivity index (χ2v) is 13.0. The van der Waals surface area contributed by atoms with Gasteiger partial charge in [0, 0.05) is 28.2 Å². The van der Waals surface area contributed by atoms with Crippen molar-refractivity contribution in [2.75, 3.05) is 17.4 Å². The number of unbranched alkanes of at least 4 members (excludes halogenated alkanes) is 1. The number of anilines is 1. The van der Waals surface area contributed by atoms with Crippen LogP contribution in [0.4, 0.5) is 5.69 Å². The summed E-state index contributed by atoms with van der Waals surface area (Å²) in [5.41, 5.74) is 2.32. The maximum Gasteiger partial charge on any atom is 0.264 e. The van der Waals surface area contributed by atoms with Crippen LogP contribution in [0.2, 0.25) is 15.1 Å². The number of amides is 2. The zero-order chi connectivity index (χ0) is 30.3. The number of halogens is 3. The number of nitrogens with one attached hydrogen (secondary N) is 1. The van der Waals surface area contributed by atoms with Gasteiger partial charge in [-0.25, -0.2) is 8.42 Å². The molecule has 0 aliphatic rings. The van der Waals surface area contributed by atoms with Gasteiger partial charge in [0.25, 0.3) is 10.0 Å². The van der Waals surface area contributed by atoms with Crippen molar-refractivity contribution in [2.45, 2.75) is 58.0 Å². The summed E-state index contributed by atoms with van der Waals surface area (Å²) in [5, 5.41) is 4.04. The van der Waals surface area contributed by atoms with E-state index in [1.54, 1.807) is 62.4 Å². The first-order valence-electron chi connectivity index (χ1n) is 13.2. The first-order chi connectivity index (χ1) is 19.3. The minimum Gasteiger partial charge on any atom is -0.354 e. The second-order valence-electron chi connectivity index (χ2n) is 9.83. The summed E-state index contributed by atoms with van der Waals surface area (Å²) < 4.78 is 29.0. The van der Waals surface area contributed by atoms with Crippen LogP contribution in [0.1, 0.15) is 43.4 Å². The molecule has 1 N–H and O–H groups in total. The molecule has 0 aliphatic carbocycles. The van der Waals surface area contributed by atoms with Crippen molar-refractivity contribution < 1.29 is 18.0 Å². The van der Waals surface area contributed by atoms with E-state index in [-0.39, 0.29) is 17.3 Å². The van der Waals surface area contributed by atoms with E-state index >= 15 is 0 Å². The van der Waals surface area contributed by atoms with Gasteiger partial charge >= 0.3 is 0 Å². The van der Waals surface area contributed by atoms with Crippen molar-refractivity contribution >= 4 is 62.3 Å². The van der Waals surface area contributed by atoms with Crippen molar-refractivity contribution in [3.05, 3.63) is 92.4 Å². The number of sulfonamides is 1. The largest absolute Gasteiger partial charge is 0.354 e. The fraction of sp³-hybridized carbons (Fsp3) is 0.333. The Morgan fingerprint density at radius 3 is 2.17 bits per heavy atom. The number of nitrogens with zero attached hydrogens (tertiary/aromatic N) is 2. The Labute approximate surface area is 257 Å². The highest BCUT2D eigenvalue weighted by Gasteiger charge is 2.33. The smallest absolute Gasteiger partial charge is 0.264 e. The van der Waals surface area contributed by atoms with E-state index in [1.807, 2.05) is 13.8 Å². The molecule has 7 nitrogen and oxygen atoms in total. The number of carbonyl (C=O) groups excluding carboxylic acids is 2. The summed E-state index contributed by atoms with van der Waals surface area (Å²) in [6, 6.07) is 15.1. The molecule has 0 saturated carbocycles. The van der Waals surface area contributed by atoms with Crippen LogP contribution in [-0.4, -0.2) is 44.3 Å². The van der Waals surface area contributed by atoms with Gasteiger partial charge < -0.3 is 10.2 Å². The van der Waals surface area contributed by atoms with Crippen molar-refractivity contribution in [1.82, 2.24) is 10.2 Å². The lowest BCUT2D eigenvalue weighted by molar-refractivity contribution is -0.139. The lowest BCUT2D eigenvalue weighted by Gasteiger charge is -2.32. The molecule has 0 aromatic heterocycles. The monoisotopic (exact) mass is 637 g/mol. The fourth-order valence-electron chi connectivity index (χ4n) is 4.20. The van der Waals surface area contributed by atoms with Crippen LogP contribution in [0.15, 0.2) is 65.6 Å². The molecule has 220 valence electrons. The Kier molecular flexibility index (Phi) is 11.5. The molecule has 3 aromatic rings. The maximum atomic E-state index is 14.0. The molecule has 0 spiro atoms. The summed E-state index contributed by atoms with van der Waals surface area (Å²) in [6.45, 7) is 7.06. The zero-order valence-corrected chi connectivity index (χ0v) is 26.5. The number of hydrogen-bond donors (Lipinski definition) is 1. The molecule has 0 aliphatic heterocycles. The summed E-state index contributed by atoms with van der Waals surface area (Å²) in [7, 11) is -4.19. The molecule has 2 amide bonds. The molecule has 0 bridgehead atoms. The summed E-state index contributed by atoms with van der Waals surface area (Å²) in [6.07, 6.45) is 1.68. The second kappa shape index (κ2) is 14.4. The van der Waals surface area contributed by atoms with Crippen LogP contribution in [0, 0.1) is 13.8 Å². The molecule has 41 heavy (non-hydrogen) atoms. The molecule has 1 atom stereocenters. The van der Waals surface area contributed by atoms with Crippen molar-refractivity contribution in [3.8, 4) is 0 Å². The summed E-state index contributed by atoms with van der Waals surface area (Å²) in [4.78, 5) is 28.5. The first kappa shape index (κ1) is 32.7. The van der Waals surface area contributed by atoms with E-state index in [0.29, 0.717) is 38.4 Å². The molecular weight excluding hydrogens is 605 g/mol. The van der Waals surface area contributed by atoms with Crippen molar-refractivity contribution in [2.24, 2.45) is 0 Å². The first-order valence-corrected chi connectivity index (χ1v) is 15.8. The highest BCUT2D eigenvalue weighted by atomic mass is 35.5. The molecule has 3 rings (SSSR count). The Balaban J connectivity index is 2.06. The minimum atomic E-state index is -4.19. The number of rotatable bonds is 12. The van der Waals surface area contributed by atoms with Gasteiger partial charge in [0.15, 0.2) is 0 Å². The Morgan fingerprint density at radius 1 is 0.927 bits per heavy atom. The van der Waals surface area contributed by atoms with Crippen LogP contribution in [-0.2, 0) is 26.2 Å². The summed E-state index contributed by atoms with van der Waals surface area (Å²) in [5.74, 6) is -0.938. The third-order valence-corrected chi connectivity index (χ3v) is 9.26. The summed E-state index contributed by atoms with van der Waals surface area (Å²) >= 11 is 18.7. The molecule has 0 saturated heterocycles. The normalized spacial score (nSPS) is 12.1. The van der Waals surface area contributed by atoms with Crippen molar-refractivity contribution in [1.29, 1.82) is 0 Å². The molecular formula is C30H34Cl3N3O4S. The standard InChI is InChI=1S/C30H34Cl3N3O4S/c1-5-6-15-34-30(38)22(4)35(18-23-9-10-25(32)17-27(23)33)29(37)19-36(28-14-11-24(31)16-21(28)3)41(39,40)26-12-7-20(2)8-13-26/h7-14,16-17,22H,5-6,15,18-19H2,1-4H3,(H,34,38)/t22-/m0/s1. The average Bonchev–Trinajstić information content (AvgIpc) is 2.91. The minimum absolute atomic E-state index is 0.0305. The van der Waals surface area contributed by atoms with Crippen LogP contribution >= 0.6 is 34.8 Å². The number of hydrogen-bond acceptors (Lipinski definition) is 4. The van der Waals surface area contributed by atoms with Gasteiger partial charge in [0.05, 0.1) is 10.6 Å². The number of benzene rings is 3. The Hall–Kier alpha value is -2.78. The van der Waals surface area contributed by atoms with Crippen LogP contribution in [0.25, 0.3) is 0 Å². The van der Waals surface area contributed by atoms with Gasteiger partial charge in [0.2, 0.25) is 11.8 Å². The zero-order valence-electron chi connectivity index (χ0n) is 23.5. The van der Waals surface area contributed by atoms with Gasteiger partial charge in [0.1, 0.15) is 12.6 Å². The van der Waals surface area contributed by atoms with Gasteiger partial charge in [-0.3, -0.25) is 13.9 Å². The Morgan fingerprint density at radius 2 is 1.56 bits per heavy atom. The topological polar surface area (TPSA) is 86.8 Å². The molecule has 0 radical (unpaired) electrons. The third-order valence-electron chi connectivity index (χ3n) is 6.67. The van der Waals surface area contributed by atoms with E-state index in [4.69, 9.17) is 34.8 Å². The molecule has 0 heterocycles. The Bertz CT molecular complexity index is 1500. The molecule has 11 heteroatoms. The highest BCUT2D eigenvalue weighted by molar-refractivity contribution is 7.92. The maximum absolute atomic E-state index is 14.0. The van der Waals surface area contributed by atoms with E-state index in [0.717, 1.165) is 22.7 Å². The number of aryl methyl sites for hydroxylation is 2. The van der Waals surface area contributed by atoms with E-state index in [9.17, 15) is 18.0 Å². The molecule has 0 unspecified atom stereocenters. The van der Waals surface area contributed by atoms with Crippen LogP contribution in [0.5, 0.6) is 0 Å². The van der Waals surface area contributed by atoms with Crippen LogP contribution < -0.4 is 9.62 Å². The highest BCUT2D eigenvalue weighted by Crippen LogP contribution is 2.30. The van der Waals surface area contributed by atoms with Crippen molar-refractivity contribution in [3.63, 3.8) is 0 Å². The molecule has 0 fully saturated rings. The van der Waals surface area contributed by atoms with Gasteiger partial charge in [-0.1, -0.05) is 71.9 Å². The van der Waals surface area contributed by atoms with Gasteiger partial charge in [-0.15, -0.1) is 0 Å².